The Hall–Kier alpha value is -0.543. The molecule has 1 unspecified atom stereocenters. The normalized spacial score (nSPS) is 19.3. The average molecular weight is 266 g/mol. The van der Waals surface area contributed by atoms with E-state index in [9.17, 15) is 0 Å². The van der Waals surface area contributed by atoms with Gasteiger partial charge in [0.25, 0.3) is 0 Å². The van der Waals surface area contributed by atoms with Gasteiger partial charge in [0, 0.05) is 6.23 Å². The summed E-state index contributed by atoms with van der Waals surface area (Å²) in [7, 11) is -0.362. The van der Waals surface area contributed by atoms with E-state index >= 15 is 0 Å². The van der Waals surface area contributed by atoms with Crippen molar-refractivity contribution in [1.82, 2.24) is 0 Å². The molecule has 0 amide bonds. The van der Waals surface area contributed by atoms with Crippen LogP contribution in [0.1, 0.15) is 46.0 Å². The lowest BCUT2D eigenvalue weighted by molar-refractivity contribution is 0.0255. The van der Waals surface area contributed by atoms with Gasteiger partial charge < -0.3 is 9.15 Å². The van der Waals surface area contributed by atoms with Crippen LogP contribution in [0, 0.1) is 11.8 Å². The van der Waals surface area contributed by atoms with E-state index in [-0.39, 0.29) is 9.52 Å². The van der Waals surface area contributed by atoms with Crippen LogP contribution in [0.4, 0.5) is 0 Å². The van der Waals surface area contributed by atoms with Gasteiger partial charge in [-0.1, -0.05) is 26.7 Å². The Morgan fingerprint density at radius 3 is 2.78 bits per heavy atom. The Morgan fingerprint density at radius 2 is 2.17 bits per heavy atom. The van der Waals surface area contributed by atoms with Crippen molar-refractivity contribution >= 4 is 14.9 Å². The van der Waals surface area contributed by atoms with E-state index in [1.54, 1.807) is 6.26 Å². The van der Waals surface area contributed by atoms with Crippen molar-refractivity contribution in [2.45, 2.75) is 52.1 Å². The number of rotatable bonds is 7. The number of furan rings is 1. The summed E-state index contributed by atoms with van der Waals surface area (Å²) in [5, 5.41) is 1.17. The first-order chi connectivity index (χ1) is 8.75. The lowest BCUT2D eigenvalue weighted by Gasteiger charge is -2.25. The molecule has 0 spiro atoms. The van der Waals surface area contributed by atoms with Crippen molar-refractivity contribution in [3.8, 4) is 0 Å². The maximum Gasteiger partial charge on any atom is 0.129 e. The fourth-order valence-corrected chi connectivity index (χ4v) is 4.09. The van der Waals surface area contributed by atoms with E-state index in [4.69, 9.17) is 9.15 Å². The van der Waals surface area contributed by atoms with Crippen LogP contribution in [0.3, 0.4) is 0 Å². The lowest BCUT2D eigenvalue weighted by atomic mass is 9.93. The minimum atomic E-state index is -0.362. The average Bonchev–Trinajstić information content (AvgIpc) is 3.00. The first-order valence-corrected chi connectivity index (χ1v) is 9.10. The van der Waals surface area contributed by atoms with Crippen molar-refractivity contribution in [2.75, 3.05) is 6.23 Å². The van der Waals surface area contributed by atoms with Crippen molar-refractivity contribution < 1.29 is 9.15 Å². The van der Waals surface area contributed by atoms with Gasteiger partial charge in [-0.25, -0.2) is 0 Å². The smallest absolute Gasteiger partial charge is 0.129 e. The molecular formula is C15H26O2Si. The Morgan fingerprint density at radius 1 is 1.39 bits per heavy atom. The first kappa shape index (κ1) is 13.9. The Balaban J connectivity index is 1.77. The fraction of sp³-hybridized carbons (Fsp3) is 0.733. The minimum Gasteiger partial charge on any atom is -0.475 e. The second-order valence-corrected chi connectivity index (χ2v) is 7.52. The molecule has 1 aromatic heterocycles. The molecular weight excluding hydrogens is 240 g/mol. The molecule has 3 heteroatoms. The predicted molar refractivity (Wildman–Crippen MR) is 78.0 cm³/mol. The second-order valence-electron chi connectivity index (χ2n) is 5.91. The molecule has 2 rings (SSSR count). The van der Waals surface area contributed by atoms with Gasteiger partial charge in [-0.15, -0.1) is 0 Å². The summed E-state index contributed by atoms with van der Waals surface area (Å²) in [6.45, 7) is 4.60. The molecule has 0 aromatic carbocycles. The molecule has 0 N–H and O–H groups in total. The van der Waals surface area contributed by atoms with Crippen LogP contribution in [0.2, 0.25) is 0 Å². The van der Waals surface area contributed by atoms with Gasteiger partial charge in [0.05, 0.1) is 17.8 Å². The molecule has 1 aliphatic carbocycles. The van der Waals surface area contributed by atoms with Gasteiger partial charge in [-0.3, -0.25) is 0 Å². The molecule has 18 heavy (non-hydrogen) atoms. The second kappa shape index (κ2) is 7.15. The summed E-state index contributed by atoms with van der Waals surface area (Å²) in [4.78, 5) is 0. The zero-order valence-corrected chi connectivity index (χ0v) is 13.1. The van der Waals surface area contributed by atoms with Gasteiger partial charge in [0.2, 0.25) is 0 Å². The molecule has 1 heterocycles. The third kappa shape index (κ3) is 4.29. The van der Waals surface area contributed by atoms with Crippen LogP contribution in [0.5, 0.6) is 0 Å². The highest BCUT2D eigenvalue weighted by atomic mass is 28.2. The standard InChI is InChI=1S/C15H26O2Si/c1-12(2)10-14(13-6-3-4-7-13)17-11-18-15-8-5-9-16-15/h5,8-9,12-14H,3-4,6-7,10-11,18H2,1-2H3. The molecule has 1 aromatic rings. The van der Waals surface area contributed by atoms with E-state index in [2.05, 4.69) is 19.9 Å². The van der Waals surface area contributed by atoms with Crippen molar-refractivity contribution in [3.63, 3.8) is 0 Å². The van der Waals surface area contributed by atoms with E-state index in [0.29, 0.717) is 6.10 Å². The van der Waals surface area contributed by atoms with E-state index in [1.165, 1.54) is 37.5 Å². The quantitative estimate of drug-likeness (QED) is 0.708. The summed E-state index contributed by atoms with van der Waals surface area (Å²) in [5.74, 6) is 1.55. The lowest BCUT2D eigenvalue weighted by Crippen LogP contribution is -2.28. The third-order valence-corrected chi connectivity index (χ3v) is 5.22. The van der Waals surface area contributed by atoms with Gasteiger partial charge in [-0.05, 0) is 43.2 Å². The number of hydrogen-bond acceptors (Lipinski definition) is 2. The maximum atomic E-state index is 6.21. The van der Waals surface area contributed by atoms with Crippen LogP contribution in [-0.2, 0) is 4.74 Å². The topological polar surface area (TPSA) is 22.4 Å². The van der Waals surface area contributed by atoms with Crippen molar-refractivity contribution in [3.05, 3.63) is 18.4 Å². The number of ether oxygens (including phenoxy) is 1. The van der Waals surface area contributed by atoms with Crippen molar-refractivity contribution in [1.29, 1.82) is 0 Å². The molecule has 1 aliphatic rings. The predicted octanol–water partition coefficient (Wildman–Crippen LogP) is 2.65. The van der Waals surface area contributed by atoms with Gasteiger partial charge in [-0.2, -0.15) is 0 Å². The third-order valence-electron chi connectivity index (χ3n) is 3.89. The summed E-state index contributed by atoms with van der Waals surface area (Å²) >= 11 is 0. The zero-order valence-electron chi connectivity index (χ0n) is 11.7. The molecule has 0 saturated heterocycles. The van der Waals surface area contributed by atoms with Gasteiger partial charge in [0.1, 0.15) is 9.52 Å². The largest absolute Gasteiger partial charge is 0.475 e. The van der Waals surface area contributed by atoms with E-state index < -0.39 is 0 Å². The monoisotopic (exact) mass is 266 g/mol. The molecule has 0 bridgehead atoms. The van der Waals surface area contributed by atoms with Crippen LogP contribution >= 0.6 is 0 Å². The molecule has 1 fully saturated rings. The zero-order chi connectivity index (χ0) is 12.8. The number of hydrogen-bond donors (Lipinski definition) is 0. The molecule has 0 aliphatic heterocycles. The molecule has 1 saturated carbocycles. The highest BCUT2D eigenvalue weighted by molar-refractivity contribution is 6.51. The fourth-order valence-electron chi connectivity index (χ4n) is 2.96. The maximum absolute atomic E-state index is 6.21. The summed E-state index contributed by atoms with van der Waals surface area (Å²) in [5.41, 5.74) is 0. The molecule has 0 radical (unpaired) electrons. The SMILES string of the molecule is CC(C)CC(OC[SiH2]c1ccco1)C1CCCC1. The highest BCUT2D eigenvalue weighted by Crippen LogP contribution is 2.32. The molecule has 102 valence electrons. The van der Waals surface area contributed by atoms with Crippen LogP contribution < -0.4 is 5.38 Å². The van der Waals surface area contributed by atoms with Crippen LogP contribution in [0.25, 0.3) is 0 Å². The Labute approximate surface area is 113 Å². The van der Waals surface area contributed by atoms with Crippen molar-refractivity contribution in [2.24, 2.45) is 11.8 Å². The van der Waals surface area contributed by atoms with Crippen LogP contribution in [0.15, 0.2) is 22.8 Å². The summed E-state index contributed by atoms with van der Waals surface area (Å²) in [6, 6.07) is 4.06. The van der Waals surface area contributed by atoms with E-state index in [0.717, 1.165) is 18.1 Å². The minimum absolute atomic E-state index is 0.362. The molecule has 1 atom stereocenters. The summed E-state index contributed by atoms with van der Waals surface area (Å²) in [6.07, 6.45) is 9.97. The summed E-state index contributed by atoms with van der Waals surface area (Å²) < 4.78 is 11.6. The molecule has 2 nitrogen and oxygen atoms in total. The van der Waals surface area contributed by atoms with Crippen LogP contribution in [-0.4, -0.2) is 21.9 Å². The van der Waals surface area contributed by atoms with Gasteiger partial charge >= 0.3 is 0 Å². The Kier molecular flexibility index (Phi) is 5.51. The highest BCUT2D eigenvalue weighted by Gasteiger charge is 2.26. The first-order valence-electron chi connectivity index (χ1n) is 7.39. The Bertz CT molecular complexity index is 315. The van der Waals surface area contributed by atoms with E-state index in [1.807, 2.05) is 6.07 Å². The van der Waals surface area contributed by atoms with Gasteiger partial charge in [0.15, 0.2) is 0 Å².